The molecule has 1 aromatic rings. The standard InChI is InChI=1S/C2H2N2S3.2K.2H/c5-1-3-2(6)7-4-1;;;;/h(H2,3,4,5,6);;;;. The predicted octanol–water partition coefficient (Wildman–Crippen LogP) is -0.182. The Kier molecular flexibility index (Phi) is 13.6. The van der Waals surface area contributed by atoms with E-state index in [0.29, 0.717) is 9.50 Å². The van der Waals surface area contributed by atoms with Crippen LogP contribution in [0.25, 0.3) is 0 Å². The van der Waals surface area contributed by atoms with E-state index >= 15 is 0 Å². The number of nitrogens with zero attached hydrogens (tertiary/aromatic N) is 2. The molecule has 0 saturated carbocycles. The van der Waals surface area contributed by atoms with Gasteiger partial charge in [0.2, 0.25) is 0 Å². The van der Waals surface area contributed by atoms with Crippen LogP contribution >= 0.6 is 36.8 Å². The van der Waals surface area contributed by atoms with Gasteiger partial charge in [-0.2, -0.15) is 4.37 Å². The molecule has 1 rings (SSSR count). The van der Waals surface area contributed by atoms with Gasteiger partial charge in [0.1, 0.15) is 0 Å². The van der Waals surface area contributed by atoms with Gasteiger partial charge in [0, 0.05) is 0 Å². The summed E-state index contributed by atoms with van der Waals surface area (Å²) in [4.78, 5) is 3.75. The van der Waals surface area contributed by atoms with Crippen LogP contribution in [0.3, 0.4) is 0 Å². The first-order valence-corrected chi connectivity index (χ1v) is 3.17. The molecule has 0 N–H and O–H groups in total. The van der Waals surface area contributed by atoms with Crippen LogP contribution in [0.15, 0.2) is 9.50 Å². The Hall–Kier alpha value is 3.53. The SMILES string of the molecule is Sc1nsc(S)n1.[KH].[KH]. The number of thiol groups is 2. The third-order valence-corrected chi connectivity index (χ3v) is 1.60. The Morgan fingerprint density at radius 2 is 1.78 bits per heavy atom. The van der Waals surface area contributed by atoms with Gasteiger partial charge in [0.05, 0.1) is 0 Å². The molecule has 0 bridgehead atoms. The van der Waals surface area contributed by atoms with E-state index in [0.717, 1.165) is 0 Å². The van der Waals surface area contributed by atoms with Crippen molar-refractivity contribution in [2.24, 2.45) is 0 Å². The topological polar surface area (TPSA) is 25.8 Å². The molecule has 0 saturated heterocycles. The molecule has 0 fully saturated rings. The van der Waals surface area contributed by atoms with Crippen LogP contribution in [0.4, 0.5) is 0 Å². The Bertz CT molecular complexity index is 150. The van der Waals surface area contributed by atoms with Crippen molar-refractivity contribution in [2.45, 2.75) is 9.50 Å². The molecule has 0 aliphatic carbocycles. The molecule has 0 atom stereocenters. The van der Waals surface area contributed by atoms with Gasteiger partial charge in [0.15, 0.2) is 9.50 Å². The summed E-state index contributed by atoms with van der Waals surface area (Å²) in [5, 5.41) is 0.495. The molecule has 7 heteroatoms. The van der Waals surface area contributed by atoms with Gasteiger partial charge in [-0.05, 0) is 11.5 Å². The molecule has 0 aliphatic heterocycles. The van der Waals surface area contributed by atoms with Crippen molar-refractivity contribution in [3.8, 4) is 0 Å². The van der Waals surface area contributed by atoms with Crippen molar-refractivity contribution in [1.29, 1.82) is 0 Å². The number of hydrogen-bond acceptors (Lipinski definition) is 5. The van der Waals surface area contributed by atoms with Crippen LogP contribution in [-0.4, -0.2) is 112 Å². The Labute approximate surface area is 154 Å². The molecule has 0 unspecified atom stereocenters. The molecule has 0 aromatic carbocycles. The second kappa shape index (κ2) is 8.15. The van der Waals surface area contributed by atoms with Crippen molar-refractivity contribution >= 4 is 140 Å². The third kappa shape index (κ3) is 6.67. The van der Waals surface area contributed by atoms with E-state index < -0.39 is 0 Å². The molecule has 42 valence electrons. The normalized spacial score (nSPS) is 7.33. The van der Waals surface area contributed by atoms with Gasteiger partial charge in [-0.15, -0.1) is 25.3 Å². The maximum atomic E-state index is 3.90. The fourth-order valence-corrected chi connectivity index (χ4v) is 1.13. The zero-order valence-corrected chi connectivity index (χ0v) is 5.80. The van der Waals surface area contributed by atoms with Gasteiger partial charge in [0.25, 0.3) is 0 Å². The van der Waals surface area contributed by atoms with Crippen LogP contribution in [-0.2, 0) is 0 Å². The Balaban J connectivity index is 0. The summed E-state index contributed by atoms with van der Waals surface area (Å²) in [5.74, 6) is 0. The molecular formula is C2H4K2N2S3. The van der Waals surface area contributed by atoms with Crippen LogP contribution in [0.5, 0.6) is 0 Å². The molecule has 1 aromatic heterocycles. The summed E-state index contributed by atoms with van der Waals surface area (Å²) in [6.07, 6.45) is 0. The van der Waals surface area contributed by atoms with E-state index in [1.807, 2.05) is 0 Å². The first-order chi connectivity index (χ1) is 3.29. The van der Waals surface area contributed by atoms with Gasteiger partial charge < -0.3 is 0 Å². The first kappa shape index (κ1) is 15.0. The van der Waals surface area contributed by atoms with Crippen LogP contribution in [0.1, 0.15) is 0 Å². The minimum absolute atomic E-state index is 0. The molecular weight excluding hydrogens is 226 g/mol. The summed E-state index contributed by atoms with van der Waals surface area (Å²) in [6, 6.07) is 0. The van der Waals surface area contributed by atoms with Crippen molar-refractivity contribution < 1.29 is 0 Å². The number of rotatable bonds is 0. The van der Waals surface area contributed by atoms with Crippen LogP contribution < -0.4 is 0 Å². The molecule has 0 amide bonds. The van der Waals surface area contributed by atoms with Crippen molar-refractivity contribution in [1.82, 2.24) is 9.36 Å². The summed E-state index contributed by atoms with van der Waals surface area (Å²) >= 11 is 8.98. The maximum absolute atomic E-state index is 3.90. The van der Waals surface area contributed by atoms with Crippen molar-refractivity contribution in [3.05, 3.63) is 0 Å². The molecule has 2 nitrogen and oxygen atoms in total. The van der Waals surface area contributed by atoms with Gasteiger partial charge in [-0.3, -0.25) is 0 Å². The second-order valence-electron chi connectivity index (χ2n) is 0.877. The summed E-state index contributed by atoms with van der Waals surface area (Å²) < 4.78 is 4.39. The molecule has 0 spiro atoms. The monoisotopic (exact) mass is 230 g/mol. The molecule has 1 heterocycles. The van der Waals surface area contributed by atoms with E-state index in [4.69, 9.17) is 0 Å². The van der Waals surface area contributed by atoms with E-state index in [1.165, 1.54) is 11.5 Å². The molecule has 9 heavy (non-hydrogen) atoms. The average molecular weight is 230 g/mol. The summed E-state index contributed by atoms with van der Waals surface area (Å²) in [7, 11) is 0. The second-order valence-corrected chi connectivity index (χ2v) is 2.75. The van der Waals surface area contributed by atoms with E-state index in [1.54, 1.807) is 0 Å². The van der Waals surface area contributed by atoms with Gasteiger partial charge in [-0.25, -0.2) is 4.98 Å². The zero-order chi connectivity index (χ0) is 5.28. The zero-order valence-electron chi connectivity index (χ0n) is 3.20. The summed E-state index contributed by atoms with van der Waals surface area (Å²) in [6.45, 7) is 0. The quantitative estimate of drug-likeness (QED) is 0.478. The van der Waals surface area contributed by atoms with E-state index in [9.17, 15) is 0 Å². The fraction of sp³-hybridized carbons (Fsp3) is 0. The Morgan fingerprint density at radius 3 is 1.89 bits per heavy atom. The minimum atomic E-state index is 0. The number of hydrogen-bond donors (Lipinski definition) is 2. The Morgan fingerprint density at radius 1 is 1.22 bits per heavy atom. The third-order valence-electron chi connectivity index (χ3n) is 0.405. The average Bonchev–Trinajstić information content (AvgIpc) is 1.87. The van der Waals surface area contributed by atoms with Crippen molar-refractivity contribution in [2.75, 3.05) is 0 Å². The van der Waals surface area contributed by atoms with E-state index in [2.05, 4.69) is 34.6 Å². The van der Waals surface area contributed by atoms with Crippen LogP contribution in [0, 0.1) is 0 Å². The number of aromatic nitrogens is 2. The fourth-order valence-electron chi connectivity index (χ4n) is 0.208. The van der Waals surface area contributed by atoms with Crippen LogP contribution in [0.2, 0.25) is 0 Å². The van der Waals surface area contributed by atoms with Gasteiger partial charge >= 0.3 is 103 Å². The first-order valence-electron chi connectivity index (χ1n) is 1.50. The predicted molar refractivity (Wildman–Crippen MR) is 48.7 cm³/mol. The van der Waals surface area contributed by atoms with Gasteiger partial charge in [-0.1, -0.05) is 0 Å². The summed E-state index contributed by atoms with van der Waals surface area (Å²) in [5.41, 5.74) is 0. The molecule has 0 aliphatic rings. The van der Waals surface area contributed by atoms with Crippen molar-refractivity contribution in [3.63, 3.8) is 0 Å². The molecule has 0 radical (unpaired) electrons. The van der Waals surface area contributed by atoms with E-state index in [-0.39, 0.29) is 103 Å².